The maximum Gasteiger partial charge on any atom is 0.356 e. The molecule has 2 aromatic rings. The molecule has 0 aliphatic rings. The first-order chi connectivity index (χ1) is 11.6. The number of benzene rings is 1. The Kier molecular flexibility index (Phi) is 6.24. The van der Waals surface area contributed by atoms with Crippen LogP contribution in [0.2, 0.25) is 0 Å². The Bertz CT molecular complexity index is 674. The van der Waals surface area contributed by atoms with Crippen LogP contribution in [0.3, 0.4) is 0 Å². The van der Waals surface area contributed by atoms with E-state index in [4.69, 9.17) is 9.84 Å². The van der Waals surface area contributed by atoms with Crippen molar-refractivity contribution in [1.82, 2.24) is 9.97 Å². The van der Waals surface area contributed by atoms with E-state index in [1.54, 1.807) is 6.92 Å². The van der Waals surface area contributed by atoms with Gasteiger partial charge in [0, 0.05) is 6.54 Å². The molecule has 0 saturated carbocycles. The van der Waals surface area contributed by atoms with E-state index >= 15 is 0 Å². The molecule has 2 rings (SSSR count). The van der Waals surface area contributed by atoms with Gasteiger partial charge in [-0.1, -0.05) is 30.3 Å². The first-order valence-electron chi connectivity index (χ1n) is 7.60. The summed E-state index contributed by atoms with van der Waals surface area (Å²) in [6, 6.07) is 9.66. The van der Waals surface area contributed by atoms with Crippen LogP contribution in [0.5, 0.6) is 0 Å². The topological polar surface area (TPSA) is 101 Å². The maximum atomic E-state index is 12.1. The molecule has 126 valence electrons. The molecule has 7 nitrogen and oxygen atoms in total. The van der Waals surface area contributed by atoms with Gasteiger partial charge < -0.3 is 15.2 Å². The minimum Gasteiger partial charge on any atom is -0.476 e. The largest absolute Gasteiger partial charge is 0.476 e. The predicted molar refractivity (Wildman–Crippen MR) is 87.8 cm³/mol. The van der Waals surface area contributed by atoms with Crippen molar-refractivity contribution < 1.29 is 19.4 Å². The van der Waals surface area contributed by atoms with E-state index in [-0.39, 0.29) is 17.6 Å². The molecular weight excluding hydrogens is 310 g/mol. The van der Waals surface area contributed by atoms with E-state index in [9.17, 15) is 9.59 Å². The fraction of sp³-hybridized carbons (Fsp3) is 0.294. The summed E-state index contributed by atoms with van der Waals surface area (Å²) < 4.78 is 5.12. The highest BCUT2D eigenvalue weighted by atomic mass is 16.5. The highest BCUT2D eigenvalue weighted by Crippen LogP contribution is 2.12. The van der Waals surface area contributed by atoms with E-state index in [0.29, 0.717) is 25.4 Å². The number of aromatic carboxylic acids is 1. The van der Waals surface area contributed by atoms with Gasteiger partial charge in [-0.15, -0.1) is 0 Å². The molecule has 0 spiro atoms. The van der Waals surface area contributed by atoms with Crippen molar-refractivity contribution in [3.63, 3.8) is 0 Å². The van der Waals surface area contributed by atoms with Crippen LogP contribution in [-0.4, -0.2) is 40.2 Å². The third kappa shape index (κ3) is 5.05. The molecule has 1 aromatic carbocycles. The van der Waals surface area contributed by atoms with E-state index in [0.717, 1.165) is 5.56 Å². The Morgan fingerprint density at radius 2 is 1.96 bits per heavy atom. The molecule has 1 atom stereocenters. The second-order valence-electron chi connectivity index (χ2n) is 5.11. The van der Waals surface area contributed by atoms with Crippen LogP contribution >= 0.6 is 0 Å². The van der Waals surface area contributed by atoms with Crippen molar-refractivity contribution in [3.8, 4) is 0 Å². The van der Waals surface area contributed by atoms with Crippen LogP contribution in [-0.2, 0) is 16.0 Å². The number of carboxylic acids is 1. The monoisotopic (exact) mass is 329 g/mol. The number of carbonyl (C=O) groups excluding carboxylic acids is 1. The van der Waals surface area contributed by atoms with Crippen molar-refractivity contribution in [2.24, 2.45) is 5.92 Å². The number of nitrogens with zero attached hydrogens (tertiary/aromatic N) is 2. The average Bonchev–Trinajstić information content (AvgIpc) is 2.60. The zero-order chi connectivity index (χ0) is 17.4. The minimum absolute atomic E-state index is 0.133. The third-order valence-corrected chi connectivity index (χ3v) is 3.35. The molecule has 24 heavy (non-hydrogen) atoms. The average molecular weight is 329 g/mol. The van der Waals surface area contributed by atoms with Gasteiger partial charge in [0.05, 0.1) is 24.9 Å². The highest BCUT2D eigenvalue weighted by molar-refractivity contribution is 5.84. The van der Waals surface area contributed by atoms with Gasteiger partial charge in [0.25, 0.3) is 0 Å². The highest BCUT2D eigenvalue weighted by Gasteiger charge is 2.20. The van der Waals surface area contributed by atoms with Gasteiger partial charge in [0.1, 0.15) is 5.82 Å². The third-order valence-electron chi connectivity index (χ3n) is 3.35. The molecule has 2 N–H and O–H groups in total. The summed E-state index contributed by atoms with van der Waals surface area (Å²) in [7, 11) is 0. The first kappa shape index (κ1) is 17.4. The summed E-state index contributed by atoms with van der Waals surface area (Å²) in [4.78, 5) is 30.7. The Morgan fingerprint density at radius 3 is 2.54 bits per heavy atom. The quantitative estimate of drug-likeness (QED) is 0.714. The number of carbonyl (C=O) groups is 2. The van der Waals surface area contributed by atoms with Crippen LogP contribution in [0.4, 0.5) is 5.82 Å². The molecule has 1 heterocycles. The second-order valence-corrected chi connectivity index (χ2v) is 5.11. The Balaban J connectivity index is 2.01. The number of ether oxygens (including phenoxy) is 1. The zero-order valence-corrected chi connectivity index (χ0v) is 13.3. The molecular formula is C17H19N3O4. The lowest BCUT2D eigenvalue weighted by atomic mass is 9.99. The van der Waals surface area contributed by atoms with Gasteiger partial charge in [-0.05, 0) is 18.9 Å². The van der Waals surface area contributed by atoms with Crippen LogP contribution in [0, 0.1) is 5.92 Å². The van der Waals surface area contributed by atoms with E-state index in [2.05, 4.69) is 15.3 Å². The Hall–Kier alpha value is -2.96. The lowest BCUT2D eigenvalue weighted by Crippen LogP contribution is -2.27. The van der Waals surface area contributed by atoms with Crippen LogP contribution in [0.15, 0.2) is 42.7 Å². The lowest BCUT2D eigenvalue weighted by molar-refractivity contribution is -0.147. The number of aromatic nitrogens is 2. The van der Waals surface area contributed by atoms with E-state index in [1.807, 2.05) is 30.3 Å². The zero-order valence-electron chi connectivity index (χ0n) is 13.3. The van der Waals surface area contributed by atoms with Crippen molar-refractivity contribution in [2.75, 3.05) is 18.5 Å². The molecule has 0 aliphatic carbocycles. The number of hydrogen-bond acceptors (Lipinski definition) is 6. The number of carboxylic acid groups (broad SMARTS) is 1. The van der Waals surface area contributed by atoms with Gasteiger partial charge in [0.2, 0.25) is 0 Å². The second kappa shape index (κ2) is 8.61. The summed E-state index contributed by atoms with van der Waals surface area (Å²) >= 11 is 0. The summed E-state index contributed by atoms with van der Waals surface area (Å²) in [6.07, 6.45) is 3.03. The number of hydrogen-bond donors (Lipinski definition) is 2. The van der Waals surface area contributed by atoms with Crippen molar-refractivity contribution in [1.29, 1.82) is 0 Å². The number of anilines is 1. The van der Waals surface area contributed by atoms with E-state index < -0.39 is 5.97 Å². The lowest BCUT2D eigenvalue weighted by Gasteiger charge is -2.16. The predicted octanol–water partition coefficient (Wildman–Crippen LogP) is 2.01. The van der Waals surface area contributed by atoms with Crippen molar-refractivity contribution in [2.45, 2.75) is 13.3 Å². The van der Waals surface area contributed by atoms with Gasteiger partial charge >= 0.3 is 11.9 Å². The number of esters is 1. The summed E-state index contributed by atoms with van der Waals surface area (Å²) in [6.45, 7) is 2.40. The molecule has 0 aliphatic heterocycles. The number of rotatable bonds is 8. The van der Waals surface area contributed by atoms with Gasteiger partial charge in [-0.2, -0.15) is 0 Å². The smallest absolute Gasteiger partial charge is 0.356 e. The van der Waals surface area contributed by atoms with Gasteiger partial charge in [0.15, 0.2) is 5.69 Å². The molecule has 0 bridgehead atoms. The first-order valence-corrected chi connectivity index (χ1v) is 7.60. The van der Waals surface area contributed by atoms with Crippen LogP contribution in [0.1, 0.15) is 23.0 Å². The maximum absolute atomic E-state index is 12.1. The van der Waals surface area contributed by atoms with Gasteiger partial charge in [-0.25, -0.2) is 14.8 Å². The standard InChI is InChI=1S/C17H19N3O4/c1-2-24-17(23)13(8-12-6-4-3-5-7-12)9-19-15-11-18-14(10-20-15)16(21)22/h3-7,10-11,13H,2,8-9H2,1H3,(H,19,20)(H,21,22). The fourth-order valence-corrected chi connectivity index (χ4v) is 2.16. The SMILES string of the molecule is CCOC(=O)C(CNc1cnc(C(=O)O)cn1)Cc1ccccc1. The van der Waals surface area contributed by atoms with E-state index in [1.165, 1.54) is 12.4 Å². The summed E-state index contributed by atoms with van der Waals surface area (Å²) in [5.41, 5.74) is 0.899. The van der Waals surface area contributed by atoms with Crippen molar-refractivity contribution in [3.05, 3.63) is 54.0 Å². The van der Waals surface area contributed by atoms with Gasteiger partial charge in [-0.3, -0.25) is 4.79 Å². The molecule has 0 fully saturated rings. The molecule has 0 amide bonds. The minimum atomic E-state index is -1.14. The van der Waals surface area contributed by atoms with Crippen LogP contribution < -0.4 is 5.32 Å². The number of nitrogens with one attached hydrogen (secondary N) is 1. The fourth-order valence-electron chi connectivity index (χ4n) is 2.16. The Morgan fingerprint density at radius 1 is 1.21 bits per heavy atom. The normalized spacial score (nSPS) is 11.5. The molecule has 0 radical (unpaired) electrons. The Labute approximate surface area is 139 Å². The van der Waals surface area contributed by atoms with Crippen molar-refractivity contribution >= 4 is 17.8 Å². The van der Waals surface area contributed by atoms with Crippen LogP contribution in [0.25, 0.3) is 0 Å². The summed E-state index contributed by atoms with van der Waals surface area (Å²) in [5, 5.41) is 11.8. The summed E-state index contributed by atoms with van der Waals surface area (Å²) in [5.74, 6) is -1.40. The molecule has 7 heteroatoms. The molecule has 0 saturated heterocycles. The molecule has 1 unspecified atom stereocenters. The molecule has 1 aromatic heterocycles.